The first kappa shape index (κ1) is 16.0. The van der Waals surface area contributed by atoms with Crippen LogP contribution in [0.1, 0.15) is 27.2 Å². The smallest absolute Gasteiger partial charge is 0.328 e. The predicted molar refractivity (Wildman–Crippen MR) is 89.1 cm³/mol. The molecule has 1 aromatic carbocycles. The maximum atomic E-state index is 12.1. The van der Waals surface area contributed by atoms with Crippen molar-refractivity contribution in [3.05, 3.63) is 34.5 Å². The highest BCUT2D eigenvalue weighted by Gasteiger charge is 2.28. The molecule has 1 N–H and O–H groups in total. The number of carbonyl (C=O) groups excluding carboxylic acids is 2. The molecule has 0 aliphatic carbocycles. The van der Waals surface area contributed by atoms with Crippen LogP contribution in [0.5, 0.6) is 0 Å². The lowest BCUT2D eigenvalue weighted by Crippen LogP contribution is -2.49. The van der Waals surface area contributed by atoms with Crippen LogP contribution < -0.4 is 10.2 Å². The number of fused-ring (bicyclic) bond motifs is 1. The largest absolute Gasteiger partial charge is 0.342 e. The van der Waals surface area contributed by atoms with Gasteiger partial charge in [0, 0.05) is 30.8 Å². The summed E-state index contributed by atoms with van der Waals surface area (Å²) in [6.45, 7) is 6.19. The Hall–Kier alpha value is -2.90. The fraction of sp³-hybridized carbons (Fsp3) is 0.375. The van der Waals surface area contributed by atoms with Crippen molar-refractivity contribution in [2.45, 2.75) is 32.7 Å². The third kappa shape index (κ3) is 2.60. The summed E-state index contributed by atoms with van der Waals surface area (Å²) in [6, 6.07) is 4.28. The van der Waals surface area contributed by atoms with Crippen LogP contribution in [0, 0.1) is 10.1 Å². The molecule has 0 spiro atoms. The number of imide groups is 1. The summed E-state index contributed by atoms with van der Waals surface area (Å²) in [7, 11) is 0. The molecule has 8 heteroatoms. The Bertz CT molecular complexity index is 863. The second-order valence-corrected chi connectivity index (χ2v) is 6.77. The van der Waals surface area contributed by atoms with Gasteiger partial charge in [0.25, 0.3) is 5.69 Å². The number of anilines is 1. The van der Waals surface area contributed by atoms with Crippen LogP contribution in [-0.2, 0) is 10.3 Å². The molecule has 0 unspecified atom stereocenters. The number of nitrogens with one attached hydrogen (secondary N) is 1. The number of non-ortho nitro benzene ring substituents is 1. The number of benzene rings is 1. The third-order valence-corrected chi connectivity index (χ3v) is 4.06. The number of carbonyl (C=O) groups is 2. The Kier molecular flexibility index (Phi) is 3.55. The van der Waals surface area contributed by atoms with Crippen molar-refractivity contribution >= 4 is 34.2 Å². The first-order valence-corrected chi connectivity index (χ1v) is 7.60. The van der Waals surface area contributed by atoms with Gasteiger partial charge in [-0.1, -0.05) is 0 Å². The van der Waals surface area contributed by atoms with Crippen LogP contribution in [-0.4, -0.2) is 28.0 Å². The van der Waals surface area contributed by atoms with Crippen molar-refractivity contribution in [3.63, 3.8) is 0 Å². The van der Waals surface area contributed by atoms with Gasteiger partial charge < -0.3 is 4.57 Å². The summed E-state index contributed by atoms with van der Waals surface area (Å²) in [4.78, 5) is 35.7. The molecule has 0 radical (unpaired) electrons. The summed E-state index contributed by atoms with van der Waals surface area (Å²) in [5.74, 6) is -0.343. The van der Waals surface area contributed by atoms with Crippen LogP contribution in [0.4, 0.5) is 16.2 Å². The maximum Gasteiger partial charge on any atom is 0.328 e. The molecule has 8 nitrogen and oxygen atoms in total. The number of hydrogen-bond acceptors (Lipinski definition) is 4. The van der Waals surface area contributed by atoms with Gasteiger partial charge >= 0.3 is 6.03 Å². The number of nitro groups is 1. The lowest BCUT2D eigenvalue weighted by atomic mass is 10.1. The van der Waals surface area contributed by atoms with Gasteiger partial charge in [-0.25, -0.2) is 4.79 Å². The molecule has 1 fully saturated rings. The van der Waals surface area contributed by atoms with E-state index in [4.69, 9.17) is 0 Å². The molecular weight excluding hydrogens is 312 g/mol. The predicted octanol–water partition coefficient (Wildman–Crippen LogP) is 2.75. The van der Waals surface area contributed by atoms with Crippen molar-refractivity contribution in [2.24, 2.45) is 0 Å². The number of hydrogen-bond donors (Lipinski definition) is 1. The fourth-order valence-electron chi connectivity index (χ4n) is 2.91. The Morgan fingerprint density at radius 1 is 1.25 bits per heavy atom. The fourth-order valence-corrected chi connectivity index (χ4v) is 2.91. The van der Waals surface area contributed by atoms with Gasteiger partial charge in [-0.3, -0.25) is 25.1 Å². The molecule has 3 amide bonds. The van der Waals surface area contributed by atoms with Crippen molar-refractivity contribution in [1.29, 1.82) is 0 Å². The van der Waals surface area contributed by atoms with Crippen molar-refractivity contribution in [2.75, 3.05) is 11.4 Å². The molecule has 24 heavy (non-hydrogen) atoms. The molecule has 1 aliphatic heterocycles. The summed E-state index contributed by atoms with van der Waals surface area (Å²) in [6.07, 6.45) is 1.97. The second-order valence-electron chi connectivity index (χ2n) is 6.77. The summed E-state index contributed by atoms with van der Waals surface area (Å²) in [5, 5.41) is 14.2. The monoisotopic (exact) mass is 330 g/mol. The van der Waals surface area contributed by atoms with Crippen molar-refractivity contribution < 1.29 is 14.5 Å². The molecule has 0 saturated carbocycles. The Labute approximate surface area is 138 Å². The number of rotatable bonds is 2. The van der Waals surface area contributed by atoms with E-state index in [0.717, 1.165) is 0 Å². The Morgan fingerprint density at radius 3 is 2.54 bits per heavy atom. The van der Waals surface area contributed by atoms with E-state index < -0.39 is 11.0 Å². The third-order valence-electron chi connectivity index (χ3n) is 4.06. The van der Waals surface area contributed by atoms with E-state index in [2.05, 4.69) is 5.32 Å². The van der Waals surface area contributed by atoms with Crippen LogP contribution in [0.2, 0.25) is 0 Å². The highest BCUT2D eigenvalue weighted by molar-refractivity contribution is 6.07. The molecular formula is C16H18N4O4. The van der Waals surface area contributed by atoms with Gasteiger partial charge in [0.1, 0.15) is 0 Å². The summed E-state index contributed by atoms with van der Waals surface area (Å²) < 4.78 is 1.94. The number of nitrogens with zero attached hydrogens (tertiary/aromatic N) is 3. The molecule has 1 aliphatic rings. The molecule has 2 aromatic rings. The zero-order valence-corrected chi connectivity index (χ0v) is 13.7. The number of aromatic nitrogens is 1. The van der Waals surface area contributed by atoms with E-state index in [1.165, 1.54) is 11.0 Å². The normalized spacial score (nSPS) is 15.7. The molecule has 1 saturated heterocycles. The van der Waals surface area contributed by atoms with Gasteiger partial charge in [0.15, 0.2) is 0 Å². The average molecular weight is 330 g/mol. The molecule has 126 valence electrons. The van der Waals surface area contributed by atoms with Crippen molar-refractivity contribution in [3.8, 4) is 0 Å². The quantitative estimate of drug-likeness (QED) is 0.676. The number of amides is 3. The van der Waals surface area contributed by atoms with E-state index in [0.29, 0.717) is 16.6 Å². The standard InChI is InChI=1S/C16H18N4O4/c1-16(2,3)19-7-4-11-12(19)8-10(9-13(11)20(23)24)18-6-5-14(21)17-15(18)22/h4,7-9H,5-6H2,1-3H3,(H,17,21,22). The molecule has 2 heterocycles. The minimum Gasteiger partial charge on any atom is -0.342 e. The van der Waals surface area contributed by atoms with Crippen LogP contribution in [0.25, 0.3) is 10.9 Å². The Balaban J connectivity index is 2.20. The van der Waals surface area contributed by atoms with E-state index >= 15 is 0 Å². The van der Waals surface area contributed by atoms with E-state index in [-0.39, 0.29) is 30.1 Å². The lowest BCUT2D eigenvalue weighted by Gasteiger charge is -2.27. The zero-order chi connectivity index (χ0) is 17.6. The molecule has 1 aromatic heterocycles. The molecule has 0 atom stereocenters. The van der Waals surface area contributed by atoms with E-state index in [1.807, 2.05) is 25.3 Å². The van der Waals surface area contributed by atoms with E-state index in [1.54, 1.807) is 18.3 Å². The van der Waals surface area contributed by atoms with Crippen LogP contribution >= 0.6 is 0 Å². The maximum absolute atomic E-state index is 12.1. The minimum atomic E-state index is -0.561. The molecule has 3 rings (SSSR count). The summed E-state index contributed by atoms with van der Waals surface area (Å²) >= 11 is 0. The first-order chi connectivity index (χ1) is 11.2. The number of nitro benzene ring substituents is 1. The average Bonchev–Trinajstić information content (AvgIpc) is 2.89. The van der Waals surface area contributed by atoms with E-state index in [9.17, 15) is 19.7 Å². The first-order valence-electron chi connectivity index (χ1n) is 7.60. The lowest BCUT2D eigenvalue weighted by molar-refractivity contribution is -0.383. The highest BCUT2D eigenvalue weighted by atomic mass is 16.6. The topological polar surface area (TPSA) is 97.5 Å². The molecule has 0 bridgehead atoms. The zero-order valence-electron chi connectivity index (χ0n) is 13.7. The highest BCUT2D eigenvalue weighted by Crippen LogP contribution is 2.35. The van der Waals surface area contributed by atoms with Gasteiger partial charge in [0.2, 0.25) is 5.91 Å². The second kappa shape index (κ2) is 5.33. The van der Waals surface area contributed by atoms with Crippen molar-refractivity contribution in [1.82, 2.24) is 9.88 Å². The minimum absolute atomic E-state index is 0.0600. The Morgan fingerprint density at radius 2 is 1.96 bits per heavy atom. The van der Waals surface area contributed by atoms with Gasteiger partial charge in [0.05, 0.1) is 21.5 Å². The summed E-state index contributed by atoms with van der Waals surface area (Å²) in [5.41, 5.74) is 0.754. The number of urea groups is 1. The van der Waals surface area contributed by atoms with Gasteiger partial charge in [-0.05, 0) is 32.9 Å². The van der Waals surface area contributed by atoms with Gasteiger partial charge in [-0.2, -0.15) is 0 Å². The SMILES string of the molecule is CC(C)(C)n1ccc2c([N+](=O)[O-])cc(N3CCC(=O)NC3=O)cc21. The van der Waals surface area contributed by atoms with Gasteiger partial charge in [-0.15, -0.1) is 0 Å². The van der Waals surface area contributed by atoms with Crippen LogP contribution in [0.15, 0.2) is 24.4 Å². The van der Waals surface area contributed by atoms with Crippen LogP contribution in [0.3, 0.4) is 0 Å².